The zero-order valence-corrected chi connectivity index (χ0v) is 16.3. The zero-order chi connectivity index (χ0) is 19.3. The lowest BCUT2D eigenvalue weighted by Gasteiger charge is -2.30. The Morgan fingerprint density at radius 2 is 1.96 bits per heavy atom. The number of nitrogens with zero attached hydrogens (tertiary/aromatic N) is 3. The number of para-hydroxylation sites is 1. The number of hydrogen-bond acceptors (Lipinski definition) is 6. The van der Waals surface area contributed by atoms with Crippen LogP contribution in [0.5, 0.6) is 5.75 Å². The molecule has 1 fully saturated rings. The van der Waals surface area contributed by atoms with Gasteiger partial charge in [0.05, 0.1) is 6.04 Å². The van der Waals surface area contributed by atoms with Crippen molar-refractivity contribution in [3.63, 3.8) is 0 Å². The van der Waals surface area contributed by atoms with Crippen LogP contribution in [0.1, 0.15) is 41.9 Å². The van der Waals surface area contributed by atoms with Gasteiger partial charge in [-0.1, -0.05) is 60.6 Å². The molecule has 28 heavy (non-hydrogen) atoms. The van der Waals surface area contributed by atoms with Gasteiger partial charge in [0.15, 0.2) is 5.82 Å². The molecule has 2 atom stereocenters. The number of ether oxygens (including phenoxy) is 1. The average Bonchev–Trinajstić information content (AvgIpc) is 3.23. The Morgan fingerprint density at radius 1 is 1.18 bits per heavy atom. The highest BCUT2D eigenvalue weighted by atomic mass is 16.5. The predicted molar refractivity (Wildman–Crippen MR) is 107 cm³/mol. The first kappa shape index (κ1) is 18.7. The third-order valence-corrected chi connectivity index (χ3v) is 5.19. The van der Waals surface area contributed by atoms with E-state index >= 15 is 0 Å². The maximum Gasteiger partial charge on any atom is 0.272 e. The van der Waals surface area contributed by atoms with Gasteiger partial charge in [0.1, 0.15) is 5.75 Å². The van der Waals surface area contributed by atoms with Gasteiger partial charge in [0, 0.05) is 25.2 Å². The lowest BCUT2D eigenvalue weighted by Crippen LogP contribution is -2.44. The molecule has 6 heteroatoms. The minimum Gasteiger partial charge on any atom is -0.476 e. The van der Waals surface area contributed by atoms with Crippen molar-refractivity contribution in [3.8, 4) is 5.75 Å². The molecule has 0 bridgehead atoms. The number of benzene rings is 2. The van der Waals surface area contributed by atoms with Gasteiger partial charge in [-0.25, -0.2) is 0 Å². The summed E-state index contributed by atoms with van der Waals surface area (Å²) < 4.78 is 12.1. The first-order valence-corrected chi connectivity index (χ1v) is 9.80. The number of piperazine rings is 1. The van der Waals surface area contributed by atoms with Crippen LogP contribution in [-0.4, -0.2) is 41.7 Å². The van der Waals surface area contributed by atoms with Crippen LogP contribution in [0.25, 0.3) is 0 Å². The molecule has 1 saturated heterocycles. The van der Waals surface area contributed by atoms with Gasteiger partial charge >= 0.3 is 0 Å². The summed E-state index contributed by atoms with van der Waals surface area (Å²) in [5.74, 6) is 2.01. The lowest BCUT2D eigenvalue weighted by molar-refractivity contribution is 0.184. The maximum absolute atomic E-state index is 6.41. The standard InChI is InChI=1S/C22H26N4O2/c1-3-16-9-7-8-12-19(16)27-20(17-10-5-4-6-11-17)22-24-21(25-28-22)18-15-23-13-14-26(18)2/h4-12,18,20,23H,3,13-15H2,1-2H3. The molecule has 2 aromatic carbocycles. The smallest absolute Gasteiger partial charge is 0.272 e. The van der Waals surface area contributed by atoms with Crippen LogP contribution in [0.2, 0.25) is 0 Å². The summed E-state index contributed by atoms with van der Waals surface area (Å²) in [6, 6.07) is 18.2. The number of hydrogen-bond donors (Lipinski definition) is 1. The van der Waals surface area contributed by atoms with Crippen LogP contribution in [0, 0.1) is 0 Å². The molecule has 0 radical (unpaired) electrons. The van der Waals surface area contributed by atoms with Crippen LogP contribution >= 0.6 is 0 Å². The summed E-state index contributed by atoms with van der Waals surface area (Å²) in [6.07, 6.45) is 0.447. The molecular weight excluding hydrogens is 352 g/mol. The Hall–Kier alpha value is -2.70. The minimum atomic E-state index is -0.447. The molecule has 6 nitrogen and oxygen atoms in total. The second-order valence-corrected chi connectivity index (χ2v) is 7.06. The Balaban J connectivity index is 1.66. The minimum absolute atomic E-state index is 0.102. The van der Waals surface area contributed by atoms with Crippen LogP contribution in [0.4, 0.5) is 0 Å². The van der Waals surface area contributed by atoms with E-state index < -0.39 is 6.10 Å². The fourth-order valence-corrected chi connectivity index (χ4v) is 3.51. The van der Waals surface area contributed by atoms with Crippen molar-refractivity contribution in [2.24, 2.45) is 0 Å². The third kappa shape index (κ3) is 3.93. The van der Waals surface area contributed by atoms with Gasteiger partial charge in [0.25, 0.3) is 5.89 Å². The molecule has 146 valence electrons. The third-order valence-electron chi connectivity index (χ3n) is 5.19. The monoisotopic (exact) mass is 378 g/mol. The van der Waals surface area contributed by atoms with E-state index in [0.717, 1.165) is 42.9 Å². The maximum atomic E-state index is 6.41. The SMILES string of the molecule is CCc1ccccc1OC(c1ccccc1)c1nc(C2CNCCN2C)no1. The number of aryl methyl sites for hydroxylation is 1. The summed E-state index contributed by atoms with van der Waals surface area (Å²) in [4.78, 5) is 6.97. The van der Waals surface area contributed by atoms with E-state index in [0.29, 0.717) is 11.7 Å². The van der Waals surface area contributed by atoms with Crippen molar-refractivity contribution >= 4 is 0 Å². The molecule has 1 aliphatic heterocycles. The highest BCUT2D eigenvalue weighted by molar-refractivity contribution is 5.35. The second-order valence-electron chi connectivity index (χ2n) is 7.06. The summed E-state index contributed by atoms with van der Waals surface area (Å²) in [6.45, 7) is 4.86. The molecule has 4 rings (SSSR count). The first-order chi connectivity index (χ1) is 13.8. The van der Waals surface area contributed by atoms with E-state index in [9.17, 15) is 0 Å². The Morgan fingerprint density at radius 3 is 2.75 bits per heavy atom. The largest absolute Gasteiger partial charge is 0.476 e. The molecule has 0 saturated carbocycles. The van der Waals surface area contributed by atoms with Crippen LogP contribution < -0.4 is 10.1 Å². The first-order valence-electron chi connectivity index (χ1n) is 9.80. The quantitative estimate of drug-likeness (QED) is 0.709. The molecule has 2 heterocycles. The van der Waals surface area contributed by atoms with Crippen molar-refractivity contribution in [1.82, 2.24) is 20.4 Å². The van der Waals surface area contributed by atoms with E-state index in [1.165, 1.54) is 0 Å². The van der Waals surface area contributed by atoms with Crippen molar-refractivity contribution in [2.45, 2.75) is 25.5 Å². The van der Waals surface area contributed by atoms with Crippen LogP contribution in [-0.2, 0) is 6.42 Å². The van der Waals surface area contributed by atoms with Crippen LogP contribution in [0.15, 0.2) is 59.1 Å². The molecule has 0 amide bonds. The van der Waals surface area contributed by atoms with E-state index in [2.05, 4.69) is 35.4 Å². The molecule has 3 aromatic rings. The normalized spacial score (nSPS) is 18.7. The van der Waals surface area contributed by atoms with Gasteiger partial charge in [-0.3, -0.25) is 4.90 Å². The average molecular weight is 378 g/mol. The fourth-order valence-electron chi connectivity index (χ4n) is 3.51. The van der Waals surface area contributed by atoms with E-state index in [1.54, 1.807) is 0 Å². The van der Waals surface area contributed by atoms with E-state index in [4.69, 9.17) is 14.2 Å². The van der Waals surface area contributed by atoms with Crippen LogP contribution in [0.3, 0.4) is 0 Å². The fraction of sp³-hybridized carbons (Fsp3) is 0.364. The molecular formula is C22H26N4O2. The summed E-state index contributed by atoms with van der Waals surface area (Å²) in [7, 11) is 2.09. The Labute approximate surface area is 165 Å². The molecule has 1 N–H and O–H groups in total. The molecule has 1 aliphatic rings. The topological polar surface area (TPSA) is 63.4 Å². The van der Waals surface area contributed by atoms with E-state index in [-0.39, 0.29) is 6.04 Å². The van der Waals surface area contributed by atoms with Crippen molar-refractivity contribution < 1.29 is 9.26 Å². The molecule has 1 aromatic heterocycles. The van der Waals surface area contributed by atoms with Gasteiger partial charge in [-0.15, -0.1) is 0 Å². The predicted octanol–water partition coefficient (Wildman–Crippen LogP) is 3.38. The highest BCUT2D eigenvalue weighted by Gasteiger charge is 2.29. The number of rotatable bonds is 6. The van der Waals surface area contributed by atoms with Gasteiger partial charge < -0.3 is 14.6 Å². The molecule has 0 aliphatic carbocycles. The number of nitrogens with one attached hydrogen (secondary N) is 1. The van der Waals surface area contributed by atoms with E-state index in [1.807, 2.05) is 48.5 Å². The molecule has 2 unspecified atom stereocenters. The highest BCUT2D eigenvalue weighted by Crippen LogP contribution is 2.31. The summed E-state index contributed by atoms with van der Waals surface area (Å²) >= 11 is 0. The molecule has 0 spiro atoms. The summed E-state index contributed by atoms with van der Waals surface area (Å²) in [5, 5.41) is 7.67. The zero-order valence-electron chi connectivity index (χ0n) is 16.3. The number of likely N-dealkylation sites (N-methyl/N-ethyl adjacent to an activating group) is 1. The Bertz CT molecular complexity index is 896. The summed E-state index contributed by atoms with van der Waals surface area (Å²) in [5.41, 5.74) is 2.14. The second kappa shape index (κ2) is 8.54. The van der Waals surface area contributed by atoms with Crippen molar-refractivity contribution in [2.75, 3.05) is 26.7 Å². The lowest BCUT2D eigenvalue weighted by atomic mass is 10.1. The van der Waals surface area contributed by atoms with Crippen molar-refractivity contribution in [3.05, 3.63) is 77.4 Å². The van der Waals surface area contributed by atoms with Gasteiger partial charge in [-0.2, -0.15) is 4.98 Å². The van der Waals surface area contributed by atoms with Gasteiger partial charge in [-0.05, 0) is 25.1 Å². The van der Waals surface area contributed by atoms with Crippen molar-refractivity contribution in [1.29, 1.82) is 0 Å². The number of aromatic nitrogens is 2. The Kier molecular flexibility index (Phi) is 5.69. The van der Waals surface area contributed by atoms with Gasteiger partial charge in [0.2, 0.25) is 6.10 Å².